The van der Waals surface area contributed by atoms with Gasteiger partial charge in [0.2, 0.25) is 0 Å². The summed E-state index contributed by atoms with van der Waals surface area (Å²) in [7, 11) is 0. The molecule has 1 atom stereocenters. The van der Waals surface area contributed by atoms with Gasteiger partial charge >= 0.3 is 5.97 Å². The molecule has 0 saturated carbocycles. The number of hydrogen-bond acceptors (Lipinski definition) is 2. The molecule has 1 heterocycles. The Hall–Kier alpha value is -1.35. The zero-order valence-corrected chi connectivity index (χ0v) is 10.5. The van der Waals surface area contributed by atoms with E-state index in [9.17, 15) is 4.79 Å². The smallest absolute Gasteiger partial charge is 0.313 e. The van der Waals surface area contributed by atoms with Crippen molar-refractivity contribution < 1.29 is 14.6 Å². The van der Waals surface area contributed by atoms with Crippen molar-refractivity contribution in [2.24, 2.45) is 0 Å². The van der Waals surface area contributed by atoms with Crippen LogP contribution in [0.2, 0.25) is 0 Å². The van der Waals surface area contributed by atoms with E-state index in [1.54, 1.807) is 6.92 Å². The number of rotatable bonds is 3. The third-order valence-electron chi connectivity index (χ3n) is 3.17. The minimum absolute atomic E-state index is 0.604. The topological polar surface area (TPSA) is 46.5 Å². The molecule has 0 amide bonds. The minimum atomic E-state index is -0.763. The van der Waals surface area contributed by atoms with Crippen LogP contribution in [0, 0.1) is 0 Å². The predicted molar refractivity (Wildman–Crippen MR) is 67.2 cm³/mol. The molecule has 1 aliphatic heterocycles. The normalized spacial score (nSPS) is 17.1. The maximum absolute atomic E-state index is 11.1. The van der Waals surface area contributed by atoms with E-state index in [1.807, 2.05) is 37.3 Å². The van der Waals surface area contributed by atoms with Crippen molar-refractivity contribution >= 4 is 5.97 Å². The predicted octanol–water partition coefficient (Wildman–Crippen LogP) is 2.85. The Morgan fingerprint density at radius 1 is 1.35 bits per heavy atom. The minimum Gasteiger partial charge on any atom is -0.481 e. The van der Waals surface area contributed by atoms with Gasteiger partial charge in [0.05, 0.1) is 5.41 Å². The van der Waals surface area contributed by atoms with E-state index in [0.29, 0.717) is 6.42 Å². The van der Waals surface area contributed by atoms with Crippen molar-refractivity contribution in [3.63, 3.8) is 0 Å². The molecule has 1 aliphatic rings. The van der Waals surface area contributed by atoms with Crippen LogP contribution in [0.25, 0.3) is 0 Å². The fourth-order valence-corrected chi connectivity index (χ4v) is 1.43. The summed E-state index contributed by atoms with van der Waals surface area (Å²) in [6.07, 6.45) is 1.88. The number of benzene rings is 1. The maximum atomic E-state index is 11.1. The van der Waals surface area contributed by atoms with Crippen LogP contribution in [0.5, 0.6) is 0 Å². The largest absolute Gasteiger partial charge is 0.481 e. The Balaban J connectivity index is 0.000000302. The summed E-state index contributed by atoms with van der Waals surface area (Å²) in [6.45, 7) is 5.64. The Labute approximate surface area is 102 Å². The first-order valence-corrected chi connectivity index (χ1v) is 5.98. The van der Waals surface area contributed by atoms with Gasteiger partial charge in [0.1, 0.15) is 0 Å². The summed E-state index contributed by atoms with van der Waals surface area (Å²) in [5.74, 6) is -0.763. The average Bonchev–Trinajstić information content (AvgIpc) is 2.26. The van der Waals surface area contributed by atoms with Crippen LogP contribution in [0.1, 0.15) is 32.3 Å². The molecule has 0 spiro atoms. The molecule has 0 aromatic heterocycles. The quantitative estimate of drug-likeness (QED) is 0.877. The summed E-state index contributed by atoms with van der Waals surface area (Å²) in [4.78, 5) is 11.1. The Morgan fingerprint density at radius 3 is 2.12 bits per heavy atom. The van der Waals surface area contributed by atoms with Gasteiger partial charge < -0.3 is 9.84 Å². The Bertz CT molecular complexity index is 340. The highest BCUT2D eigenvalue weighted by Gasteiger charge is 2.32. The van der Waals surface area contributed by atoms with Gasteiger partial charge in [-0.3, -0.25) is 4.79 Å². The Morgan fingerprint density at radius 2 is 1.82 bits per heavy atom. The molecule has 1 N–H and O–H groups in total. The zero-order valence-electron chi connectivity index (χ0n) is 10.5. The first kappa shape index (κ1) is 13.7. The second kappa shape index (κ2) is 6.40. The van der Waals surface area contributed by atoms with Gasteiger partial charge in [0.25, 0.3) is 0 Å². The van der Waals surface area contributed by atoms with Gasteiger partial charge in [-0.25, -0.2) is 0 Å². The molecule has 17 heavy (non-hydrogen) atoms. The van der Waals surface area contributed by atoms with Gasteiger partial charge in [0, 0.05) is 13.2 Å². The highest BCUT2D eigenvalue weighted by Crippen LogP contribution is 2.27. The molecule has 94 valence electrons. The van der Waals surface area contributed by atoms with Crippen LogP contribution in [0.15, 0.2) is 30.3 Å². The van der Waals surface area contributed by atoms with E-state index in [0.717, 1.165) is 18.8 Å². The SMILES string of the molecule is C1COC1.CCC(C)(C(=O)O)c1ccccc1. The molecule has 3 heteroatoms. The van der Waals surface area contributed by atoms with E-state index >= 15 is 0 Å². The zero-order chi connectivity index (χ0) is 12.7. The molecule has 1 aromatic rings. The maximum Gasteiger partial charge on any atom is 0.313 e. The monoisotopic (exact) mass is 236 g/mol. The summed E-state index contributed by atoms with van der Waals surface area (Å²) in [6, 6.07) is 9.34. The summed E-state index contributed by atoms with van der Waals surface area (Å²) >= 11 is 0. The first-order valence-electron chi connectivity index (χ1n) is 5.98. The second-order valence-corrected chi connectivity index (χ2v) is 4.32. The van der Waals surface area contributed by atoms with Gasteiger partial charge in [0.15, 0.2) is 0 Å². The van der Waals surface area contributed by atoms with E-state index in [1.165, 1.54) is 6.42 Å². The van der Waals surface area contributed by atoms with Gasteiger partial charge in [-0.05, 0) is 25.3 Å². The number of carbonyl (C=O) groups is 1. The lowest BCUT2D eigenvalue weighted by Gasteiger charge is -2.23. The van der Waals surface area contributed by atoms with Crippen LogP contribution in [0.4, 0.5) is 0 Å². The molecule has 1 fully saturated rings. The number of ether oxygens (including phenoxy) is 1. The van der Waals surface area contributed by atoms with Crippen molar-refractivity contribution in [2.75, 3.05) is 13.2 Å². The van der Waals surface area contributed by atoms with Gasteiger partial charge in [-0.2, -0.15) is 0 Å². The third-order valence-corrected chi connectivity index (χ3v) is 3.17. The third kappa shape index (κ3) is 3.56. The first-order chi connectivity index (χ1) is 8.11. The van der Waals surface area contributed by atoms with Crippen molar-refractivity contribution in [3.8, 4) is 0 Å². The fourth-order valence-electron chi connectivity index (χ4n) is 1.43. The molecule has 1 unspecified atom stereocenters. The van der Waals surface area contributed by atoms with Crippen LogP contribution in [-0.4, -0.2) is 24.3 Å². The molecule has 3 nitrogen and oxygen atoms in total. The standard InChI is InChI=1S/C11H14O2.C3H6O/c1-3-11(2,10(12)13)9-7-5-4-6-8-9;1-2-4-3-1/h4-8H,3H2,1-2H3,(H,12,13);1-3H2. The van der Waals surface area contributed by atoms with Crippen molar-refractivity contribution in [1.29, 1.82) is 0 Å². The van der Waals surface area contributed by atoms with Gasteiger partial charge in [-0.1, -0.05) is 37.3 Å². The molecule has 0 radical (unpaired) electrons. The number of carboxylic acids is 1. The number of carboxylic acid groups (broad SMARTS) is 1. The second-order valence-electron chi connectivity index (χ2n) is 4.32. The number of aliphatic carboxylic acids is 1. The van der Waals surface area contributed by atoms with E-state index in [-0.39, 0.29) is 0 Å². The highest BCUT2D eigenvalue weighted by atomic mass is 16.5. The lowest BCUT2D eigenvalue weighted by Crippen LogP contribution is -2.31. The van der Waals surface area contributed by atoms with Crippen LogP contribution < -0.4 is 0 Å². The van der Waals surface area contributed by atoms with Crippen LogP contribution >= 0.6 is 0 Å². The van der Waals surface area contributed by atoms with E-state index < -0.39 is 11.4 Å². The fraction of sp³-hybridized carbons (Fsp3) is 0.500. The summed E-state index contributed by atoms with van der Waals surface area (Å²) in [5, 5.41) is 9.09. The van der Waals surface area contributed by atoms with Gasteiger partial charge in [-0.15, -0.1) is 0 Å². The number of hydrogen-bond donors (Lipinski definition) is 1. The Kier molecular flexibility index (Phi) is 5.16. The van der Waals surface area contributed by atoms with Crippen molar-refractivity contribution in [1.82, 2.24) is 0 Å². The molecule has 0 aliphatic carbocycles. The summed E-state index contributed by atoms with van der Waals surface area (Å²) < 4.78 is 4.72. The van der Waals surface area contributed by atoms with E-state index in [2.05, 4.69) is 0 Å². The highest BCUT2D eigenvalue weighted by molar-refractivity contribution is 5.80. The van der Waals surface area contributed by atoms with Crippen LogP contribution in [-0.2, 0) is 14.9 Å². The molecular weight excluding hydrogens is 216 g/mol. The molecule has 1 saturated heterocycles. The lowest BCUT2D eigenvalue weighted by atomic mass is 9.80. The summed E-state index contributed by atoms with van der Waals surface area (Å²) in [5.41, 5.74) is 0.117. The average molecular weight is 236 g/mol. The molecule has 1 aromatic carbocycles. The lowest BCUT2D eigenvalue weighted by molar-refractivity contribution is -0.143. The molecule has 2 rings (SSSR count). The van der Waals surface area contributed by atoms with E-state index in [4.69, 9.17) is 9.84 Å². The van der Waals surface area contributed by atoms with Crippen molar-refractivity contribution in [3.05, 3.63) is 35.9 Å². The van der Waals surface area contributed by atoms with Crippen LogP contribution in [0.3, 0.4) is 0 Å². The van der Waals surface area contributed by atoms with Crippen molar-refractivity contribution in [2.45, 2.75) is 32.1 Å². The molecular formula is C14H20O3. The molecule has 0 bridgehead atoms.